The summed E-state index contributed by atoms with van der Waals surface area (Å²) in [6.07, 6.45) is 0. The van der Waals surface area contributed by atoms with Crippen LogP contribution in [0.15, 0.2) is 97.1 Å². The van der Waals surface area contributed by atoms with Crippen LogP contribution in [0, 0.1) is 11.6 Å². The summed E-state index contributed by atoms with van der Waals surface area (Å²) in [5, 5.41) is 21.5. The molecule has 0 aliphatic rings. The summed E-state index contributed by atoms with van der Waals surface area (Å²) in [7, 11) is 0. The normalized spacial score (nSPS) is 11.8. The molecule has 4 aromatic rings. The maximum absolute atomic E-state index is 13.9. The van der Waals surface area contributed by atoms with E-state index in [9.17, 15) is 28.6 Å². The van der Waals surface area contributed by atoms with Gasteiger partial charge in [-0.25, -0.2) is 8.78 Å². The number of halogens is 2. The molecule has 2 atom stereocenters. The first-order valence-electron chi connectivity index (χ1n) is 11.3. The van der Waals surface area contributed by atoms with Gasteiger partial charge in [-0.3, -0.25) is 0 Å². The second-order valence-corrected chi connectivity index (χ2v) is 8.29. The molecule has 0 saturated heterocycles. The number of carboxylic acid groups (broad SMARTS) is 2. The molecule has 0 heterocycles. The minimum absolute atomic E-state index is 0. The number of hydrogen-bond donors (Lipinski definition) is 0. The predicted molar refractivity (Wildman–Crippen MR) is 131 cm³/mol. The second kappa shape index (κ2) is 13.5. The molecule has 0 aromatic heterocycles. The smallest absolute Gasteiger partial charge is 0.550 e. The first-order valence-corrected chi connectivity index (χ1v) is 11.3. The van der Waals surface area contributed by atoms with Gasteiger partial charge < -0.3 is 19.8 Å². The number of benzene rings is 4. The van der Waals surface area contributed by atoms with Crippen LogP contribution in [0.25, 0.3) is 22.3 Å². The Balaban J connectivity index is 0.000000253. The molecule has 2 unspecified atom stereocenters. The van der Waals surface area contributed by atoms with Crippen LogP contribution in [-0.2, 0) is 26.7 Å². The maximum Gasteiger partial charge on any atom is 2.00 e. The molecule has 193 valence electrons. The molecule has 0 N–H and O–H groups in total. The summed E-state index contributed by atoms with van der Waals surface area (Å²) in [6, 6.07) is 27.2. The van der Waals surface area contributed by atoms with E-state index in [1.165, 1.54) is 26.0 Å². The Morgan fingerprint density at radius 3 is 1.19 bits per heavy atom. The molecule has 1 radical (unpaired) electrons. The standard InChI is InChI=1S/2C15H13FO2.Cu/c2*1-10(15(17)18)12-7-8-13(14(16)9-12)11-5-3-2-4-6-11;/h2*2-10H,1H3,(H,17,18);/q;;+2/p-2. The summed E-state index contributed by atoms with van der Waals surface area (Å²) in [4.78, 5) is 21.5. The number of carbonyl (C=O) groups excluding carboxylic acids is 2. The van der Waals surface area contributed by atoms with Gasteiger partial charge in [-0.05, 0) is 34.4 Å². The Hall–Kier alpha value is -3.80. The first-order chi connectivity index (χ1) is 17.2. The molecule has 0 aliphatic carbocycles. The molecule has 0 amide bonds. The molecule has 0 saturated carbocycles. The molecule has 0 fully saturated rings. The van der Waals surface area contributed by atoms with Crippen molar-refractivity contribution in [3.8, 4) is 22.3 Å². The van der Waals surface area contributed by atoms with E-state index in [0.29, 0.717) is 22.3 Å². The zero-order chi connectivity index (χ0) is 26.2. The molecule has 7 heteroatoms. The summed E-state index contributed by atoms with van der Waals surface area (Å²) >= 11 is 0. The van der Waals surface area contributed by atoms with E-state index in [0.717, 1.165) is 11.1 Å². The molecule has 0 spiro atoms. The monoisotopic (exact) mass is 549 g/mol. The topological polar surface area (TPSA) is 80.3 Å². The third-order valence-corrected chi connectivity index (χ3v) is 5.86. The Kier molecular flexibility index (Phi) is 10.7. The minimum atomic E-state index is -1.21. The summed E-state index contributed by atoms with van der Waals surface area (Å²) in [5.41, 5.74) is 3.28. The average Bonchev–Trinajstić information content (AvgIpc) is 2.89. The second-order valence-electron chi connectivity index (χ2n) is 8.29. The quantitative estimate of drug-likeness (QED) is 0.327. The van der Waals surface area contributed by atoms with Crippen molar-refractivity contribution in [3.63, 3.8) is 0 Å². The van der Waals surface area contributed by atoms with Gasteiger partial charge in [0.1, 0.15) is 11.6 Å². The van der Waals surface area contributed by atoms with Gasteiger partial charge >= 0.3 is 17.1 Å². The fourth-order valence-corrected chi connectivity index (χ4v) is 3.58. The van der Waals surface area contributed by atoms with Gasteiger partial charge in [0.05, 0.1) is 0 Å². The number of carboxylic acids is 2. The Morgan fingerprint density at radius 1 is 0.595 bits per heavy atom. The summed E-state index contributed by atoms with van der Waals surface area (Å²) in [5.74, 6) is -4.89. The van der Waals surface area contributed by atoms with E-state index < -0.39 is 35.4 Å². The van der Waals surface area contributed by atoms with Crippen LogP contribution in [0.5, 0.6) is 0 Å². The van der Waals surface area contributed by atoms with Crippen molar-refractivity contribution in [2.45, 2.75) is 25.7 Å². The van der Waals surface area contributed by atoms with E-state index in [1.54, 1.807) is 48.5 Å². The van der Waals surface area contributed by atoms with E-state index in [4.69, 9.17) is 0 Å². The van der Waals surface area contributed by atoms with E-state index in [1.807, 2.05) is 36.4 Å². The van der Waals surface area contributed by atoms with Gasteiger partial charge in [0.25, 0.3) is 0 Å². The number of rotatable bonds is 6. The predicted octanol–water partition coefficient (Wildman–Crippen LogP) is 4.69. The Morgan fingerprint density at radius 2 is 0.919 bits per heavy atom. The molecular weight excluding hydrogens is 526 g/mol. The number of aliphatic carboxylic acids is 2. The fourth-order valence-electron chi connectivity index (χ4n) is 3.58. The van der Waals surface area contributed by atoms with E-state index in [-0.39, 0.29) is 17.1 Å². The maximum atomic E-state index is 13.9. The van der Waals surface area contributed by atoms with Crippen molar-refractivity contribution < 1.29 is 45.7 Å². The van der Waals surface area contributed by atoms with Crippen LogP contribution in [0.3, 0.4) is 0 Å². The molecule has 4 rings (SSSR count). The molecule has 4 nitrogen and oxygen atoms in total. The summed E-state index contributed by atoms with van der Waals surface area (Å²) < 4.78 is 27.9. The van der Waals surface area contributed by atoms with Crippen molar-refractivity contribution in [2.24, 2.45) is 0 Å². The van der Waals surface area contributed by atoms with E-state index >= 15 is 0 Å². The van der Waals surface area contributed by atoms with Crippen molar-refractivity contribution in [1.29, 1.82) is 0 Å². The summed E-state index contributed by atoms with van der Waals surface area (Å²) in [6.45, 7) is 2.96. The van der Waals surface area contributed by atoms with Gasteiger partial charge in [-0.1, -0.05) is 98.8 Å². The molecule has 37 heavy (non-hydrogen) atoms. The largest absolute Gasteiger partial charge is 2.00 e. The molecule has 0 bridgehead atoms. The fraction of sp³-hybridized carbons (Fsp3) is 0.133. The van der Waals surface area contributed by atoms with Crippen LogP contribution in [0.1, 0.15) is 36.8 Å². The number of hydrogen-bond acceptors (Lipinski definition) is 4. The van der Waals surface area contributed by atoms with E-state index in [2.05, 4.69) is 0 Å². The van der Waals surface area contributed by atoms with Gasteiger partial charge in [0.2, 0.25) is 0 Å². The van der Waals surface area contributed by atoms with Crippen LogP contribution >= 0.6 is 0 Å². The number of carbonyl (C=O) groups is 2. The molecule has 0 aliphatic heterocycles. The first kappa shape index (κ1) is 29.4. The van der Waals surface area contributed by atoms with Gasteiger partial charge in [0.15, 0.2) is 0 Å². The Labute approximate surface area is 225 Å². The van der Waals surface area contributed by atoms with Crippen LogP contribution in [-0.4, -0.2) is 11.9 Å². The average molecular weight is 550 g/mol. The molecule has 4 aromatic carbocycles. The third-order valence-electron chi connectivity index (χ3n) is 5.86. The van der Waals surface area contributed by atoms with Crippen LogP contribution in [0.4, 0.5) is 8.78 Å². The SMILES string of the molecule is CC(C(=O)[O-])c1ccc(-c2ccccc2)c(F)c1.CC(C(=O)[O-])c1ccc(-c2ccccc2)c(F)c1.[Cu+2]. The van der Waals surface area contributed by atoms with Crippen molar-refractivity contribution in [2.75, 3.05) is 0 Å². The molecular formula is C30H24CuF2O4. The van der Waals surface area contributed by atoms with Crippen molar-refractivity contribution in [1.82, 2.24) is 0 Å². The Bertz CT molecular complexity index is 1240. The van der Waals surface area contributed by atoms with Crippen molar-refractivity contribution in [3.05, 3.63) is 120 Å². The van der Waals surface area contributed by atoms with Crippen LogP contribution < -0.4 is 10.2 Å². The van der Waals surface area contributed by atoms with Gasteiger partial charge in [-0.2, -0.15) is 0 Å². The third kappa shape index (κ3) is 7.59. The van der Waals surface area contributed by atoms with Gasteiger partial charge in [-0.15, -0.1) is 0 Å². The minimum Gasteiger partial charge on any atom is -0.550 e. The van der Waals surface area contributed by atoms with Crippen molar-refractivity contribution >= 4 is 11.9 Å². The van der Waals surface area contributed by atoms with Crippen LogP contribution in [0.2, 0.25) is 0 Å². The zero-order valence-electron chi connectivity index (χ0n) is 20.1. The van der Waals surface area contributed by atoms with Gasteiger partial charge in [0, 0.05) is 34.9 Å². The zero-order valence-corrected chi connectivity index (χ0v) is 21.0.